The lowest BCUT2D eigenvalue weighted by Crippen LogP contribution is -2.38. The van der Waals surface area contributed by atoms with Crippen molar-refractivity contribution in [3.05, 3.63) is 23.8 Å². The van der Waals surface area contributed by atoms with E-state index < -0.39 is 17.9 Å². The third kappa shape index (κ3) is 3.24. The predicted molar refractivity (Wildman–Crippen MR) is 60.7 cm³/mol. The van der Waals surface area contributed by atoms with Gasteiger partial charge in [-0.15, -0.1) is 0 Å². The number of hydrogen-bond donors (Lipinski definition) is 2. The van der Waals surface area contributed by atoms with Crippen molar-refractivity contribution in [2.24, 2.45) is 0 Å². The van der Waals surface area contributed by atoms with Crippen LogP contribution in [0.4, 0.5) is 0 Å². The summed E-state index contributed by atoms with van der Waals surface area (Å²) < 4.78 is 0. The second-order valence-corrected chi connectivity index (χ2v) is 4.01. The van der Waals surface area contributed by atoms with Gasteiger partial charge in [0.05, 0.1) is 11.3 Å². The molecule has 0 radical (unpaired) electrons. The van der Waals surface area contributed by atoms with Gasteiger partial charge in [-0.2, -0.15) is 0 Å². The second-order valence-electron chi connectivity index (χ2n) is 4.01. The molecule has 6 nitrogen and oxygen atoms in total. The Morgan fingerprint density at radius 2 is 2.00 bits per heavy atom. The number of nitrogens with zero attached hydrogens (tertiary/aromatic N) is 2. The molecule has 1 aromatic heterocycles. The van der Waals surface area contributed by atoms with Crippen LogP contribution < -0.4 is 5.32 Å². The number of aromatic nitrogens is 2. The maximum atomic E-state index is 11.8. The standard InChI is InChI=1S/C11H15N3O3/c1-6(2)9-8(4-12-5-13-9)10(15)14-7(3)11(16)17/h4-7H,1-3H3,(H,14,15)(H,16,17)/t7-/m0/s1. The number of aliphatic carboxylic acids is 1. The lowest BCUT2D eigenvalue weighted by Gasteiger charge is -2.12. The second kappa shape index (κ2) is 5.38. The molecular formula is C11H15N3O3. The minimum absolute atomic E-state index is 0.0684. The molecular weight excluding hydrogens is 222 g/mol. The molecule has 0 aliphatic carbocycles. The van der Waals surface area contributed by atoms with Crippen LogP contribution >= 0.6 is 0 Å². The van der Waals surface area contributed by atoms with Gasteiger partial charge in [0.15, 0.2) is 0 Å². The fourth-order valence-electron chi connectivity index (χ4n) is 1.31. The quantitative estimate of drug-likeness (QED) is 0.808. The Balaban J connectivity index is 2.93. The average molecular weight is 237 g/mol. The van der Waals surface area contributed by atoms with Crippen molar-refractivity contribution < 1.29 is 14.7 Å². The summed E-state index contributed by atoms with van der Waals surface area (Å²) in [4.78, 5) is 30.3. The molecule has 2 N–H and O–H groups in total. The topological polar surface area (TPSA) is 92.2 Å². The Bertz CT molecular complexity index is 432. The van der Waals surface area contributed by atoms with Crippen LogP contribution in [-0.2, 0) is 4.79 Å². The summed E-state index contributed by atoms with van der Waals surface area (Å²) in [6, 6.07) is -0.942. The molecule has 1 rings (SSSR count). The number of carbonyl (C=O) groups excluding carboxylic acids is 1. The normalized spacial score (nSPS) is 12.2. The summed E-state index contributed by atoms with van der Waals surface area (Å²) in [6.07, 6.45) is 2.76. The molecule has 92 valence electrons. The molecule has 0 aliphatic rings. The number of carboxylic acids is 1. The minimum atomic E-state index is -1.08. The fraction of sp³-hybridized carbons (Fsp3) is 0.455. The van der Waals surface area contributed by atoms with Crippen molar-refractivity contribution in [1.82, 2.24) is 15.3 Å². The highest BCUT2D eigenvalue weighted by Gasteiger charge is 2.19. The van der Waals surface area contributed by atoms with E-state index in [0.717, 1.165) is 0 Å². The zero-order valence-corrected chi connectivity index (χ0v) is 9.97. The van der Waals surface area contributed by atoms with E-state index in [0.29, 0.717) is 11.3 Å². The number of rotatable bonds is 4. The van der Waals surface area contributed by atoms with Gasteiger partial charge in [0.25, 0.3) is 5.91 Å². The molecule has 17 heavy (non-hydrogen) atoms. The van der Waals surface area contributed by atoms with E-state index >= 15 is 0 Å². The van der Waals surface area contributed by atoms with Crippen LogP contribution in [0, 0.1) is 0 Å². The van der Waals surface area contributed by atoms with Crippen molar-refractivity contribution in [3.63, 3.8) is 0 Å². The first kappa shape index (κ1) is 13.1. The van der Waals surface area contributed by atoms with Crippen molar-refractivity contribution >= 4 is 11.9 Å². The summed E-state index contributed by atoms with van der Waals surface area (Å²) in [6.45, 7) is 5.21. The van der Waals surface area contributed by atoms with Gasteiger partial charge in [0.2, 0.25) is 0 Å². The van der Waals surface area contributed by atoms with Gasteiger partial charge in [-0.3, -0.25) is 9.59 Å². The summed E-state index contributed by atoms with van der Waals surface area (Å²) in [5.41, 5.74) is 0.922. The van der Waals surface area contributed by atoms with Gasteiger partial charge >= 0.3 is 5.97 Å². The number of hydrogen-bond acceptors (Lipinski definition) is 4. The zero-order chi connectivity index (χ0) is 13.0. The fourth-order valence-corrected chi connectivity index (χ4v) is 1.31. The first-order valence-corrected chi connectivity index (χ1v) is 5.27. The summed E-state index contributed by atoms with van der Waals surface area (Å²) >= 11 is 0. The average Bonchev–Trinajstić information content (AvgIpc) is 2.28. The first-order valence-electron chi connectivity index (χ1n) is 5.27. The molecule has 0 saturated heterocycles. The van der Waals surface area contributed by atoms with Crippen LogP contribution in [-0.4, -0.2) is 33.0 Å². The molecule has 0 saturated carbocycles. The molecule has 0 spiro atoms. The van der Waals surface area contributed by atoms with E-state index in [1.54, 1.807) is 0 Å². The van der Waals surface area contributed by atoms with E-state index in [1.165, 1.54) is 19.4 Å². The molecule has 0 bridgehead atoms. The Kier molecular flexibility index (Phi) is 4.14. The van der Waals surface area contributed by atoms with Crippen LogP contribution in [0.5, 0.6) is 0 Å². The third-order valence-corrected chi connectivity index (χ3v) is 2.25. The van der Waals surface area contributed by atoms with E-state index in [4.69, 9.17) is 5.11 Å². The van der Waals surface area contributed by atoms with E-state index in [1.807, 2.05) is 13.8 Å². The largest absolute Gasteiger partial charge is 0.480 e. The molecule has 1 atom stereocenters. The highest BCUT2D eigenvalue weighted by molar-refractivity contribution is 5.97. The number of amides is 1. The smallest absolute Gasteiger partial charge is 0.325 e. The summed E-state index contributed by atoms with van der Waals surface area (Å²) in [7, 11) is 0. The molecule has 0 aliphatic heterocycles. The predicted octanol–water partition coefficient (Wildman–Crippen LogP) is 0.803. The lowest BCUT2D eigenvalue weighted by molar-refractivity contribution is -0.138. The minimum Gasteiger partial charge on any atom is -0.480 e. The van der Waals surface area contributed by atoms with E-state index in [-0.39, 0.29) is 5.92 Å². The molecule has 1 heterocycles. The monoisotopic (exact) mass is 237 g/mol. The van der Waals surface area contributed by atoms with Crippen molar-refractivity contribution in [1.29, 1.82) is 0 Å². The zero-order valence-electron chi connectivity index (χ0n) is 9.97. The van der Waals surface area contributed by atoms with Gasteiger partial charge in [-0.1, -0.05) is 13.8 Å². The molecule has 1 amide bonds. The maximum absolute atomic E-state index is 11.8. The number of carbonyl (C=O) groups is 2. The van der Waals surface area contributed by atoms with Gasteiger partial charge in [-0.05, 0) is 12.8 Å². The van der Waals surface area contributed by atoms with Crippen molar-refractivity contribution in [3.8, 4) is 0 Å². The number of carboxylic acid groups (broad SMARTS) is 1. The third-order valence-electron chi connectivity index (χ3n) is 2.25. The summed E-state index contributed by atoms with van der Waals surface area (Å²) in [5.74, 6) is -1.48. The molecule has 0 fully saturated rings. The van der Waals surface area contributed by atoms with Gasteiger partial charge in [0, 0.05) is 6.20 Å². The molecule has 0 aromatic carbocycles. The Hall–Kier alpha value is -1.98. The molecule has 6 heteroatoms. The Morgan fingerprint density at radius 3 is 2.53 bits per heavy atom. The highest BCUT2D eigenvalue weighted by atomic mass is 16.4. The number of nitrogens with one attached hydrogen (secondary N) is 1. The summed E-state index contributed by atoms with van der Waals surface area (Å²) in [5, 5.41) is 11.1. The van der Waals surface area contributed by atoms with Crippen LogP contribution in [0.3, 0.4) is 0 Å². The SMILES string of the molecule is CC(C)c1ncncc1C(=O)N[C@@H](C)C(=O)O. The van der Waals surface area contributed by atoms with Crippen LogP contribution in [0.1, 0.15) is 42.7 Å². The van der Waals surface area contributed by atoms with Crippen molar-refractivity contribution in [2.75, 3.05) is 0 Å². The molecule has 1 aromatic rings. The van der Waals surface area contributed by atoms with Crippen LogP contribution in [0.25, 0.3) is 0 Å². The molecule has 0 unspecified atom stereocenters. The first-order chi connectivity index (χ1) is 7.93. The van der Waals surface area contributed by atoms with E-state index in [2.05, 4.69) is 15.3 Å². The van der Waals surface area contributed by atoms with Gasteiger partial charge < -0.3 is 10.4 Å². The Morgan fingerprint density at radius 1 is 1.35 bits per heavy atom. The van der Waals surface area contributed by atoms with Gasteiger partial charge in [-0.25, -0.2) is 9.97 Å². The highest BCUT2D eigenvalue weighted by Crippen LogP contribution is 2.15. The van der Waals surface area contributed by atoms with Crippen LogP contribution in [0.2, 0.25) is 0 Å². The maximum Gasteiger partial charge on any atom is 0.325 e. The van der Waals surface area contributed by atoms with E-state index in [9.17, 15) is 9.59 Å². The lowest BCUT2D eigenvalue weighted by atomic mass is 10.0. The Labute approximate surface area is 99.1 Å². The van der Waals surface area contributed by atoms with Crippen molar-refractivity contribution in [2.45, 2.75) is 32.7 Å². The van der Waals surface area contributed by atoms with Gasteiger partial charge in [0.1, 0.15) is 12.4 Å². The van der Waals surface area contributed by atoms with Crippen LogP contribution in [0.15, 0.2) is 12.5 Å².